The molecule has 1 aliphatic rings. The summed E-state index contributed by atoms with van der Waals surface area (Å²) < 4.78 is 25.3. The molecule has 1 aromatic heterocycles. The second kappa shape index (κ2) is 8.84. The van der Waals surface area contributed by atoms with Gasteiger partial charge in [-0.2, -0.15) is 0 Å². The van der Waals surface area contributed by atoms with Crippen molar-refractivity contribution < 1.29 is 14.0 Å². The number of hydrogen-bond acceptors (Lipinski definition) is 5. The number of aliphatic imine (C=N–C) groups is 1. The van der Waals surface area contributed by atoms with E-state index in [0.29, 0.717) is 28.1 Å². The van der Waals surface area contributed by atoms with Crippen LogP contribution >= 0.6 is 15.9 Å². The first kappa shape index (κ1) is 20.0. The van der Waals surface area contributed by atoms with Crippen LogP contribution in [0.4, 0.5) is 14.6 Å². The van der Waals surface area contributed by atoms with Gasteiger partial charge in [-0.1, -0.05) is 0 Å². The summed E-state index contributed by atoms with van der Waals surface area (Å²) in [5.41, 5.74) is 2.71. The molecule has 0 spiro atoms. The first-order valence-corrected chi connectivity index (χ1v) is 8.61. The lowest BCUT2D eigenvalue weighted by molar-refractivity contribution is 0.142. The molecule has 0 atom stereocenters. The van der Waals surface area contributed by atoms with Gasteiger partial charge in [-0.3, -0.25) is 10.4 Å². The minimum absolute atomic E-state index is 0.0514. The fourth-order valence-corrected chi connectivity index (χ4v) is 2.85. The molecule has 0 bridgehead atoms. The standard InChI is InChI=1S/C16H19BrF2N6O/c1-8-10(14(21-2)13(20)16(23-8)25-26)7-9-3-4-11(17)15(24-9)22-6-5-12(18)19/h3-4,12,20,26H,5-7H2,1-2H3,(H,22,24)(H,23,25)/p+1. The number of pyridine rings is 1. The van der Waals surface area contributed by atoms with Crippen LogP contribution in [-0.2, 0) is 6.42 Å². The number of nitrogens with zero attached hydrogens (tertiary/aromatic N) is 3. The zero-order valence-electron chi connectivity index (χ0n) is 14.3. The Morgan fingerprint density at radius 2 is 2.15 bits per heavy atom. The van der Waals surface area contributed by atoms with Crippen LogP contribution in [0, 0.1) is 5.41 Å². The van der Waals surface area contributed by atoms with Crippen molar-refractivity contribution in [3.63, 3.8) is 0 Å². The van der Waals surface area contributed by atoms with E-state index in [0.717, 1.165) is 11.3 Å². The van der Waals surface area contributed by atoms with E-state index in [2.05, 4.69) is 41.7 Å². The number of nitrogens with one attached hydrogen (secondary N) is 3. The Morgan fingerprint density at radius 1 is 1.42 bits per heavy atom. The van der Waals surface area contributed by atoms with Crippen LogP contribution in [-0.4, -0.2) is 47.5 Å². The van der Waals surface area contributed by atoms with Gasteiger partial charge in [0.1, 0.15) is 11.5 Å². The maximum Gasteiger partial charge on any atom is 0.247 e. The number of rotatable bonds is 6. The summed E-state index contributed by atoms with van der Waals surface area (Å²) in [6.45, 7) is 1.93. The van der Waals surface area contributed by atoms with Gasteiger partial charge in [-0.15, -0.1) is 0 Å². The Labute approximate surface area is 157 Å². The molecule has 0 amide bonds. The van der Waals surface area contributed by atoms with Crippen molar-refractivity contribution in [2.45, 2.75) is 26.2 Å². The molecule has 2 heterocycles. The number of hydrogen-bond donors (Lipinski definition) is 3. The van der Waals surface area contributed by atoms with E-state index >= 15 is 0 Å². The Morgan fingerprint density at radius 3 is 2.77 bits per heavy atom. The Hall–Kier alpha value is -2.36. The predicted octanol–water partition coefficient (Wildman–Crippen LogP) is 2.46. The Balaban J connectivity index is 2.25. The third-order valence-electron chi connectivity index (χ3n) is 3.77. The van der Waals surface area contributed by atoms with Crippen LogP contribution < -0.4 is 10.6 Å². The predicted molar refractivity (Wildman–Crippen MR) is 103 cm³/mol. The SMILES string of the molecule is CN=C1C(=N)/C(=N\[OH2+])NC(C)=C1Cc1ccc(Br)c(NCCC(F)F)n1. The zero-order valence-corrected chi connectivity index (χ0v) is 15.9. The van der Waals surface area contributed by atoms with E-state index in [1.165, 1.54) is 0 Å². The summed E-state index contributed by atoms with van der Waals surface area (Å²) in [5.74, 6) is 0.633. The molecule has 0 fully saturated rings. The van der Waals surface area contributed by atoms with Crippen molar-refractivity contribution in [3.05, 3.63) is 33.6 Å². The molecule has 0 aromatic carbocycles. The smallest absolute Gasteiger partial charge is 0.247 e. The van der Waals surface area contributed by atoms with Crippen molar-refractivity contribution in [2.24, 2.45) is 10.1 Å². The maximum atomic E-state index is 12.3. The molecule has 1 aromatic rings. The summed E-state index contributed by atoms with van der Waals surface area (Å²) in [4.78, 5) is 8.63. The van der Waals surface area contributed by atoms with E-state index in [1.807, 2.05) is 13.0 Å². The van der Waals surface area contributed by atoms with Gasteiger partial charge in [0.25, 0.3) is 0 Å². The Bertz CT molecular complexity index is 791. The topological polar surface area (TPSA) is 108 Å². The average Bonchev–Trinajstić information content (AvgIpc) is 2.60. The van der Waals surface area contributed by atoms with Gasteiger partial charge < -0.3 is 15.8 Å². The van der Waals surface area contributed by atoms with Crippen molar-refractivity contribution in [3.8, 4) is 0 Å². The summed E-state index contributed by atoms with van der Waals surface area (Å²) in [7, 11) is 1.58. The summed E-state index contributed by atoms with van der Waals surface area (Å²) in [6.07, 6.45) is -2.23. The molecule has 0 saturated carbocycles. The highest BCUT2D eigenvalue weighted by atomic mass is 79.9. The van der Waals surface area contributed by atoms with Crippen LogP contribution in [0.15, 0.2) is 38.0 Å². The first-order chi connectivity index (χ1) is 12.4. The monoisotopic (exact) mass is 429 g/mol. The Kier molecular flexibility index (Phi) is 6.78. The van der Waals surface area contributed by atoms with Crippen molar-refractivity contribution in [2.75, 3.05) is 18.9 Å². The average molecular weight is 430 g/mol. The molecule has 5 N–H and O–H groups in total. The second-order valence-corrected chi connectivity index (χ2v) is 6.41. The molecule has 0 radical (unpaired) electrons. The van der Waals surface area contributed by atoms with Gasteiger partial charge in [-0.05, 0) is 35.0 Å². The second-order valence-electron chi connectivity index (χ2n) is 5.55. The molecule has 26 heavy (non-hydrogen) atoms. The van der Waals surface area contributed by atoms with Crippen molar-refractivity contribution in [1.82, 2.24) is 10.3 Å². The number of allylic oxidation sites excluding steroid dienone is 2. The fraction of sp³-hybridized carbons (Fsp3) is 0.375. The lowest BCUT2D eigenvalue weighted by Crippen LogP contribution is -2.42. The molecular formula is C16H20BrF2N6O+. The van der Waals surface area contributed by atoms with Gasteiger partial charge in [0.15, 0.2) is 0 Å². The van der Waals surface area contributed by atoms with Gasteiger partial charge in [0.2, 0.25) is 12.3 Å². The lowest BCUT2D eigenvalue weighted by atomic mass is 9.95. The van der Waals surface area contributed by atoms with Crippen LogP contribution in [0.25, 0.3) is 0 Å². The lowest BCUT2D eigenvalue weighted by Gasteiger charge is -2.22. The maximum absolute atomic E-state index is 12.3. The summed E-state index contributed by atoms with van der Waals surface area (Å²) in [5, 5.41) is 24.4. The number of anilines is 1. The third kappa shape index (κ3) is 4.63. The van der Waals surface area contributed by atoms with E-state index < -0.39 is 6.43 Å². The third-order valence-corrected chi connectivity index (χ3v) is 4.41. The van der Waals surface area contributed by atoms with Gasteiger partial charge >= 0.3 is 0 Å². The summed E-state index contributed by atoms with van der Waals surface area (Å²) >= 11 is 3.36. The molecule has 2 rings (SSSR count). The number of alkyl halides is 2. The van der Waals surface area contributed by atoms with Gasteiger partial charge in [-0.25, -0.2) is 13.8 Å². The molecule has 7 nitrogen and oxygen atoms in total. The molecule has 1 aliphatic heterocycles. The first-order valence-electron chi connectivity index (χ1n) is 7.82. The highest BCUT2D eigenvalue weighted by molar-refractivity contribution is 9.10. The molecule has 10 heteroatoms. The highest BCUT2D eigenvalue weighted by Gasteiger charge is 2.27. The van der Waals surface area contributed by atoms with Gasteiger partial charge in [0, 0.05) is 43.4 Å². The van der Waals surface area contributed by atoms with E-state index in [4.69, 9.17) is 10.6 Å². The van der Waals surface area contributed by atoms with Crippen molar-refractivity contribution >= 4 is 39.0 Å². The molecule has 0 unspecified atom stereocenters. The molecule has 0 aliphatic carbocycles. The quantitative estimate of drug-likeness (QED) is 0.477. The number of amidine groups is 1. The van der Waals surface area contributed by atoms with Crippen molar-refractivity contribution in [1.29, 1.82) is 5.41 Å². The van der Waals surface area contributed by atoms with Crippen LogP contribution in [0.3, 0.4) is 0 Å². The highest BCUT2D eigenvalue weighted by Crippen LogP contribution is 2.23. The molecule has 0 saturated heterocycles. The van der Waals surface area contributed by atoms with Crippen LogP contribution in [0.1, 0.15) is 19.0 Å². The van der Waals surface area contributed by atoms with Crippen LogP contribution in [0.2, 0.25) is 0 Å². The largest absolute Gasteiger partial charge is 0.467 e. The van der Waals surface area contributed by atoms with E-state index in [-0.39, 0.29) is 24.5 Å². The summed E-state index contributed by atoms with van der Waals surface area (Å²) in [6, 6.07) is 3.61. The zero-order chi connectivity index (χ0) is 19.3. The molecule has 140 valence electrons. The normalized spacial score (nSPS) is 18.0. The minimum atomic E-state index is -2.37. The van der Waals surface area contributed by atoms with E-state index in [1.54, 1.807) is 13.1 Å². The fourth-order valence-electron chi connectivity index (χ4n) is 2.49. The van der Waals surface area contributed by atoms with E-state index in [9.17, 15) is 8.78 Å². The molecular weight excluding hydrogens is 410 g/mol. The number of aromatic nitrogens is 1. The minimum Gasteiger partial charge on any atom is -0.467 e. The van der Waals surface area contributed by atoms with Crippen LogP contribution in [0.5, 0.6) is 0 Å². The van der Waals surface area contributed by atoms with Gasteiger partial charge in [0.05, 0.1) is 15.3 Å². The number of halogens is 3.